The molecule has 2 amide bonds. The summed E-state index contributed by atoms with van der Waals surface area (Å²) in [5.41, 5.74) is 1.46. The first-order valence-electron chi connectivity index (χ1n) is 6.35. The molecule has 1 aliphatic rings. The van der Waals surface area contributed by atoms with E-state index in [1.807, 2.05) is 24.3 Å². The van der Waals surface area contributed by atoms with E-state index in [0.29, 0.717) is 5.69 Å². The summed E-state index contributed by atoms with van der Waals surface area (Å²) >= 11 is 0. The number of aromatic nitrogens is 1. The number of fused-ring (bicyclic) bond motifs is 1. The van der Waals surface area contributed by atoms with Crippen molar-refractivity contribution in [1.29, 1.82) is 0 Å². The number of sulfone groups is 1. The zero-order valence-corrected chi connectivity index (χ0v) is 11.8. The van der Waals surface area contributed by atoms with Gasteiger partial charge in [0, 0.05) is 22.7 Å². The number of hydrogen-bond acceptors (Lipinski definition) is 4. The number of amides is 2. The van der Waals surface area contributed by atoms with Crippen molar-refractivity contribution >= 4 is 32.5 Å². The summed E-state index contributed by atoms with van der Waals surface area (Å²) in [5.74, 6) is -0.0952. The lowest BCUT2D eigenvalue weighted by atomic mass is 10.2. The molecule has 6 nitrogen and oxygen atoms in total. The maximum Gasteiger partial charge on any atom is 0.319 e. The molecule has 1 atom stereocenters. The highest BCUT2D eigenvalue weighted by Gasteiger charge is 2.22. The maximum absolute atomic E-state index is 11.8. The first-order valence-corrected chi connectivity index (χ1v) is 8.07. The second-order valence-corrected chi connectivity index (χ2v) is 6.71. The van der Waals surface area contributed by atoms with Crippen molar-refractivity contribution < 1.29 is 13.2 Å². The molecule has 0 aliphatic carbocycles. The Kier molecular flexibility index (Phi) is 3.34. The molecule has 0 unspecified atom stereocenters. The lowest BCUT2D eigenvalue weighted by Gasteiger charge is -2.11. The van der Waals surface area contributed by atoms with Gasteiger partial charge in [-0.1, -0.05) is 6.07 Å². The summed E-state index contributed by atoms with van der Waals surface area (Å²) in [7, 11) is -3.17. The van der Waals surface area contributed by atoms with Gasteiger partial charge in [0.25, 0.3) is 0 Å². The fraction of sp³-hybridized carbons (Fsp3) is 0.143. The van der Waals surface area contributed by atoms with Crippen LogP contribution in [0.1, 0.15) is 0 Å². The quantitative estimate of drug-likeness (QED) is 0.883. The number of pyridine rings is 1. The number of carbonyl (C=O) groups excluding carboxylic acids is 1. The molecule has 21 heavy (non-hydrogen) atoms. The van der Waals surface area contributed by atoms with E-state index < -0.39 is 21.9 Å². The third kappa shape index (κ3) is 3.19. The van der Waals surface area contributed by atoms with Gasteiger partial charge in [0.2, 0.25) is 0 Å². The minimum atomic E-state index is -3.17. The van der Waals surface area contributed by atoms with Gasteiger partial charge in [-0.15, -0.1) is 0 Å². The van der Waals surface area contributed by atoms with Gasteiger partial charge in [-0.3, -0.25) is 4.98 Å². The SMILES string of the molecule is O=C(Nc1ccc2ncccc2c1)N[C@H]1C=CS(=O)(=O)C1. The fourth-order valence-corrected chi connectivity index (χ4v) is 3.39. The third-order valence-corrected chi connectivity index (χ3v) is 4.50. The van der Waals surface area contributed by atoms with Gasteiger partial charge >= 0.3 is 6.03 Å². The monoisotopic (exact) mass is 303 g/mol. The van der Waals surface area contributed by atoms with Crippen LogP contribution < -0.4 is 10.6 Å². The molecule has 0 saturated heterocycles. The van der Waals surface area contributed by atoms with E-state index >= 15 is 0 Å². The minimum absolute atomic E-state index is 0.0952. The van der Waals surface area contributed by atoms with E-state index in [4.69, 9.17) is 0 Å². The summed E-state index contributed by atoms with van der Waals surface area (Å²) in [5, 5.41) is 7.32. The molecule has 108 valence electrons. The molecular weight excluding hydrogens is 290 g/mol. The smallest absolute Gasteiger partial charge is 0.319 e. The zero-order valence-electron chi connectivity index (χ0n) is 11.0. The third-order valence-electron chi connectivity index (χ3n) is 3.11. The predicted molar refractivity (Wildman–Crippen MR) is 80.6 cm³/mol. The summed E-state index contributed by atoms with van der Waals surface area (Å²) in [6.45, 7) is 0. The molecule has 7 heteroatoms. The van der Waals surface area contributed by atoms with E-state index in [1.165, 1.54) is 6.08 Å². The Labute approximate surface area is 121 Å². The van der Waals surface area contributed by atoms with Gasteiger partial charge in [0.1, 0.15) is 0 Å². The molecule has 1 aromatic carbocycles. The van der Waals surface area contributed by atoms with Crippen molar-refractivity contribution in [3.05, 3.63) is 48.0 Å². The largest absolute Gasteiger partial charge is 0.331 e. The first-order chi connectivity index (χ1) is 10.0. The number of benzene rings is 1. The highest BCUT2D eigenvalue weighted by Crippen LogP contribution is 2.17. The average Bonchev–Trinajstić information content (AvgIpc) is 2.77. The Bertz CT molecular complexity index is 830. The first kappa shape index (κ1) is 13.6. The number of anilines is 1. The van der Waals surface area contributed by atoms with Crippen molar-refractivity contribution in [1.82, 2.24) is 10.3 Å². The van der Waals surface area contributed by atoms with Crippen LogP contribution >= 0.6 is 0 Å². The molecule has 2 aromatic rings. The number of carbonyl (C=O) groups is 1. The van der Waals surface area contributed by atoms with Gasteiger partial charge in [-0.2, -0.15) is 0 Å². The Hall–Kier alpha value is -2.41. The van der Waals surface area contributed by atoms with E-state index in [0.717, 1.165) is 16.3 Å². The summed E-state index contributed by atoms with van der Waals surface area (Å²) in [6.07, 6.45) is 3.17. The molecule has 2 heterocycles. The predicted octanol–water partition coefficient (Wildman–Crippen LogP) is 1.67. The second-order valence-electron chi connectivity index (χ2n) is 4.77. The molecule has 3 rings (SSSR count). The summed E-state index contributed by atoms with van der Waals surface area (Å²) in [6, 6.07) is 8.16. The average molecular weight is 303 g/mol. The molecule has 0 saturated carbocycles. The number of hydrogen-bond donors (Lipinski definition) is 2. The summed E-state index contributed by atoms with van der Waals surface area (Å²) in [4.78, 5) is 16.0. The van der Waals surface area contributed by atoms with Crippen LogP contribution in [0.4, 0.5) is 10.5 Å². The van der Waals surface area contributed by atoms with Crippen molar-refractivity contribution in [3.8, 4) is 0 Å². The Morgan fingerprint density at radius 2 is 2.14 bits per heavy atom. The topological polar surface area (TPSA) is 88.2 Å². The molecule has 0 spiro atoms. The van der Waals surface area contributed by atoms with Gasteiger partial charge in [-0.05, 0) is 30.3 Å². The van der Waals surface area contributed by atoms with E-state index in [9.17, 15) is 13.2 Å². The molecule has 0 radical (unpaired) electrons. The van der Waals surface area contributed by atoms with Gasteiger partial charge < -0.3 is 10.6 Å². The standard InChI is InChI=1S/C14H13N3O3S/c18-14(17-12-5-7-21(19,20)9-12)16-11-3-4-13-10(8-11)2-1-6-15-13/h1-8,12H,9H2,(H2,16,17,18)/t12-/m0/s1. The number of nitrogens with zero attached hydrogens (tertiary/aromatic N) is 1. The number of rotatable bonds is 2. The van der Waals surface area contributed by atoms with Crippen LogP contribution in [0.2, 0.25) is 0 Å². The van der Waals surface area contributed by atoms with Crippen molar-refractivity contribution in [3.63, 3.8) is 0 Å². The Balaban J connectivity index is 1.68. The van der Waals surface area contributed by atoms with Crippen LogP contribution in [0, 0.1) is 0 Å². The van der Waals surface area contributed by atoms with Crippen LogP contribution in [-0.2, 0) is 9.84 Å². The van der Waals surface area contributed by atoms with Gasteiger partial charge in [-0.25, -0.2) is 13.2 Å². The molecule has 1 aliphatic heterocycles. The van der Waals surface area contributed by atoms with Crippen molar-refractivity contribution in [2.45, 2.75) is 6.04 Å². The molecule has 2 N–H and O–H groups in total. The highest BCUT2D eigenvalue weighted by molar-refractivity contribution is 7.94. The normalized spacial score (nSPS) is 19.5. The van der Waals surface area contributed by atoms with Crippen LogP contribution in [0.5, 0.6) is 0 Å². The molecule has 0 bridgehead atoms. The Morgan fingerprint density at radius 1 is 1.29 bits per heavy atom. The lowest BCUT2D eigenvalue weighted by Crippen LogP contribution is -2.38. The van der Waals surface area contributed by atoms with Crippen LogP contribution in [0.3, 0.4) is 0 Å². The summed E-state index contributed by atoms with van der Waals surface area (Å²) < 4.78 is 22.5. The zero-order chi connectivity index (χ0) is 14.9. The molecule has 1 aromatic heterocycles. The number of urea groups is 1. The lowest BCUT2D eigenvalue weighted by molar-refractivity contribution is 0.251. The van der Waals surface area contributed by atoms with Crippen molar-refractivity contribution in [2.75, 3.05) is 11.1 Å². The van der Waals surface area contributed by atoms with E-state index in [-0.39, 0.29) is 5.75 Å². The highest BCUT2D eigenvalue weighted by atomic mass is 32.2. The maximum atomic E-state index is 11.8. The van der Waals surface area contributed by atoms with Crippen LogP contribution in [0.25, 0.3) is 10.9 Å². The number of nitrogens with one attached hydrogen (secondary N) is 2. The van der Waals surface area contributed by atoms with Gasteiger partial charge in [0.15, 0.2) is 9.84 Å². The molecule has 0 fully saturated rings. The second kappa shape index (κ2) is 5.17. The fourth-order valence-electron chi connectivity index (χ4n) is 2.15. The minimum Gasteiger partial charge on any atom is -0.331 e. The molecular formula is C14H13N3O3S. The van der Waals surface area contributed by atoms with Crippen LogP contribution in [-0.4, -0.2) is 31.2 Å². The Morgan fingerprint density at radius 3 is 2.90 bits per heavy atom. The van der Waals surface area contributed by atoms with Crippen LogP contribution in [0.15, 0.2) is 48.0 Å². The van der Waals surface area contributed by atoms with E-state index in [1.54, 1.807) is 12.3 Å². The van der Waals surface area contributed by atoms with Gasteiger partial charge in [0.05, 0.1) is 17.3 Å². The van der Waals surface area contributed by atoms with Crippen molar-refractivity contribution in [2.24, 2.45) is 0 Å². The van der Waals surface area contributed by atoms with E-state index in [2.05, 4.69) is 15.6 Å².